The van der Waals surface area contributed by atoms with Crippen molar-refractivity contribution < 1.29 is 4.39 Å². The van der Waals surface area contributed by atoms with E-state index in [0.717, 1.165) is 5.56 Å². The number of nitrogens with one attached hydrogen (secondary N) is 1. The smallest absolute Gasteiger partial charge is 0.146 e. The highest BCUT2D eigenvalue weighted by molar-refractivity contribution is 5.19. The maximum Gasteiger partial charge on any atom is 0.146 e. The molecule has 0 aromatic carbocycles. The predicted molar refractivity (Wildman–Crippen MR) is 73.3 cm³/mol. The third-order valence-electron chi connectivity index (χ3n) is 5.06. The summed E-state index contributed by atoms with van der Waals surface area (Å²) >= 11 is 0. The molecular formula is C15H22FN3. The maximum atomic E-state index is 14.0. The third-order valence-corrected chi connectivity index (χ3v) is 5.06. The highest BCUT2D eigenvalue weighted by atomic mass is 19.1. The van der Waals surface area contributed by atoms with E-state index < -0.39 is 0 Å². The summed E-state index contributed by atoms with van der Waals surface area (Å²) in [6.45, 7) is 0. The maximum absolute atomic E-state index is 14.0. The van der Waals surface area contributed by atoms with Gasteiger partial charge in [0.2, 0.25) is 0 Å². The van der Waals surface area contributed by atoms with Crippen LogP contribution in [0.3, 0.4) is 0 Å². The van der Waals surface area contributed by atoms with Gasteiger partial charge >= 0.3 is 0 Å². The SMILES string of the molecule is CNC(c1ccncc1F)C1CC2CCC(C1)N2C. The first kappa shape index (κ1) is 13.0. The van der Waals surface area contributed by atoms with Gasteiger partial charge in [0.15, 0.2) is 0 Å². The van der Waals surface area contributed by atoms with Crippen molar-refractivity contribution in [1.82, 2.24) is 15.2 Å². The number of aromatic nitrogens is 1. The number of halogens is 1. The van der Waals surface area contributed by atoms with Crippen LogP contribution in [0.4, 0.5) is 4.39 Å². The molecule has 2 aliphatic heterocycles. The average Bonchev–Trinajstić information content (AvgIpc) is 2.65. The van der Waals surface area contributed by atoms with Crippen LogP contribution in [0.2, 0.25) is 0 Å². The third kappa shape index (κ3) is 2.28. The molecule has 3 rings (SSSR count). The summed E-state index contributed by atoms with van der Waals surface area (Å²) in [4.78, 5) is 6.37. The van der Waals surface area contributed by atoms with Crippen molar-refractivity contribution in [3.63, 3.8) is 0 Å². The Morgan fingerprint density at radius 1 is 1.37 bits per heavy atom. The fraction of sp³-hybridized carbons (Fsp3) is 0.667. The molecule has 2 fully saturated rings. The molecule has 0 aliphatic carbocycles. The molecule has 104 valence electrons. The van der Waals surface area contributed by atoms with Gasteiger partial charge in [0.25, 0.3) is 0 Å². The molecule has 3 unspecified atom stereocenters. The Kier molecular flexibility index (Phi) is 3.54. The van der Waals surface area contributed by atoms with Gasteiger partial charge in [-0.25, -0.2) is 4.39 Å². The molecule has 3 nitrogen and oxygen atoms in total. The fourth-order valence-corrected chi connectivity index (χ4v) is 4.01. The van der Waals surface area contributed by atoms with Crippen LogP contribution in [-0.2, 0) is 0 Å². The van der Waals surface area contributed by atoms with Crippen LogP contribution in [0, 0.1) is 11.7 Å². The van der Waals surface area contributed by atoms with Gasteiger partial charge in [-0.2, -0.15) is 0 Å². The summed E-state index contributed by atoms with van der Waals surface area (Å²) in [6, 6.07) is 3.30. The van der Waals surface area contributed by atoms with Crippen LogP contribution < -0.4 is 5.32 Å². The van der Waals surface area contributed by atoms with Crippen molar-refractivity contribution in [1.29, 1.82) is 0 Å². The molecule has 1 aromatic heterocycles. The van der Waals surface area contributed by atoms with Crippen LogP contribution >= 0.6 is 0 Å². The number of fused-ring (bicyclic) bond motifs is 2. The van der Waals surface area contributed by atoms with E-state index in [1.165, 1.54) is 31.9 Å². The Hall–Kier alpha value is -1.00. The van der Waals surface area contributed by atoms with Crippen LogP contribution in [0.5, 0.6) is 0 Å². The van der Waals surface area contributed by atoms with Crippen molar-refractivity contribution >= 4 is 0 Å². The van der Waals surface area contributed by atoms with E-state index in [0.29, 0.717) is 18.0 Å². The summed E-state index contributed by atoms with van der Waals surface area (Å²) in [5, 5.41) is 3.33. The first-order valence-corrected chi connectivity index (χ1v) is 7.19. The second-order valence-electron chi connectivity index (χ2n) is 5.95. The van der Waals surface area contributed by atoms with Gasteiger partial charge in [-0.15, -0.1) is 0 Å². The van der Waals surface area contributed by atoms with Crippen LogP contribution in [0.25, 0.3) is 0 Å². The van der Waals surface area contributed by atoms with Gasteiger partial charge in [0.05, 0.1) is 6.20 Å². The molecule has 1 N–H and O–H groups in total. The van der Waals surface area contributed by atoms with E-state index in [1.54, 1.807) is 6.20 Å². The van der Waals surface area contributed by atoms with Crippen LogP contribution in [0.1, 0.15) is 37.3 Å². The number of hydrogen-bond donors (Lipinski definition) is 1. The van der Waals surface area contributed by atoms with Gasteiger partial charge in [-0.3, -0.25) is 4.98 Å². The molecule has 2 aliphatic rings. The molecule has 4 heteroatoms. The number of nitrogens with zero attached hydrogens (tertiary/aromatic N) is 2. The number of piperidine rings is 1. The largest absolute Gasteiger partial charge is 0.313 e. The molecule has 3 atom stereocenters. The molecule has 0 radical (unpaired) electrons. The van der Waals surface area contributed by atoms with Crippen molar-refractivity contribution in [2.24, 2.45) is 5.92 Å². The lowest BCUT2D eigenvalue weighted by molar-refractivity contribution is 0.113. The first-order valence-electron chi connectivity index (χ1n) is 7.19. The average molecular weight is 263 g/mol. The Morgan fingerprint density at radius 3 is 2.63 bits per heavy atom. The number of rotatable bonds is 3. The topological polar surface area (TPSA) is 28.2 Å². The molecule has 3 heterocycles. The van der Waals surface area contributed by atoms with E-state index in [4.69, 9.17) is 0 Å². The second-order valence-corrected chi connectivity index (χ2v) is 5.95. The Balaban J connectivity index is 1.82. The fourth-order valence-electron chi connectivity index (χ4n) is 4.01. The Morgan fingerprint density at radius 2 is 2.05 bits per heavy atom. The number of hydrogen-bond acceptors (Lipinski definition) is 3. The van der Waals surface area contributed by atoms with Crippen LogP contribution in [-0.4, -0.2) is 36.1 Å². The summed E-state index contributed by atoms with van der Waals surface area (Å²) in [7, 11) is 4.17. The van der Waals surface area contributed by atoms with Gasteiger partial charge in [-0.05, 0) is 51.8 Å². The lowest BCUT2D eigenvalue weighted by Gasteiger charge is -2.40. The number of pyridine rings is 1. The molecular weight excluding hydrogens is 241 g/mol. The highest BCUT2D eigenvalue weighted by Crippen LogP contribution is 2.42. The van der Waals surface area contributed by atoms with Crippen molar-refractivity contribution in [3.05, 3.63) is 29.8 Å². The van der Waals surface area contributed by atoms with Gasteiger partial charge in [0.1, 0.15) is 5.82 Å². The molecule has 0 amide bonds. The standard InChI is InChI=1S/C15H22FN3/c1-17-15(13-5-6-18-9-14(13)16)10-7-11-3-4-12(8-10)19(11)2/h5-6,9-12,15,17H,3-4,7-8H2,1-2H3. The van der Waals surface area contributed by atoms with Crippen molar-refractivity contribution in [2.75, 3.05) is 14.1 Å². The van der Waals surface area contributed by atoms with Crippen molar-refractivity contribution in [3.8, 4) is 0 Å². The van der Waals surface area contributed by atoms with E-state index >= 15 is 0 Å². The molecule has 2 saturated heterocycles. The summed E-state index contributed by atoms with van der Waals surface area (Å²) in [6.07, 6.45) is 7.94. The minimum absolute atomic E-state index is 0.111. The monoisotopic (exact) mass is 263 g/mol. The zero-order valence-corrected chi connectivity index (χ0v) is 11.6. The molecule has 1 aromatic rings. The quantitative estimate of drug-likeness (QED) is 0.907. The molecule has 19 heavy (non-hydrogen) atoms. The zero-order valence-electron chi connectivity index (χ0n) is 11.6. The van der Waals surface area contributed by atoms with E-state index in [2.05, 4.69) is 22.2 Å². The molecule has 0 spiro atoms. The summed E-state index contributed by atoms with van der Waals surface area (Å²) in [5.74, 6) is 0.337. The Labute approximate surface area is 114 Å². The van der Waals surface area contributed by atoms with Gasteiger partial charge in [0, 0.05) is 29.9 Å². The molecule has 0 saturated carbocycles. The van der Waals surface area contributed by atoms with Crippen molar-refractivity contribution in [2.45, 2.75) is 43.8 Å². The first-order chi connectivity index (χ1) is 9.20. The second kappa shape index (κ2) is 5.17. The zero-order chi connectivity index (χ0) is 13.4. The highest BCUT2D eigenvalue weighted by Gasteiger charge is 2.41. The molecule has 2 bridgehead atoms. The normalized spacial score (nSPS) is 32.5. The van der Waals surface area contributed by atoms with Gasteiger partial charge < -0.3 is 10.2 Å². The van der Waals surface area contributed by atoms with Gasteiger partial charge in [-0.1, -0.05) is 0 Å². The van der Waals surface area contributed by atoms with E-state index in [-0.39, 0.29) is 11.9 Å². The minimum Gasteiger partial charge on any atom is -0.313 e. The lowest BCUT2D eigenvalue weighted by atomic mass is 9.82. The van der Waals surface area contributed by atoms with E-state index in [9.17, 15) is 4.39 Å². The lowest BCUT2D eigenvalue weighted by Crippen LogP contribution is -2.43. The predicted octanol–water partition coefficient (Wildman–Crippen LogP) is 2.35. The minimum atomic E-state index is -0.187. The Bertz CT molecular complexity index is 437. The van der Waals surface area contributed by atoms with Crippen LogP contribution in [0.15, 0.2) is 18.5 Å². The summed E-state index contributed by atoms with van der Waals surface area (Å²) < 4.78 is 14.0. The summed E-state index contributed by atoms with van der Waals surface area (Å²) in [5.41, 5.74) is 0.770. The van der Waals surface area contributed by atoms with E-state index in [1.807, 2.05) is 13.1 Å².